The number of nitrogens with one attached hydrogen (secondary N) is 3. The second-order valence-electron chi connectivity index (χ2n) is 12.9. The monoisotopic (exact) mass is 660 g/mol. The Morgan fingerprint density at radius 3 is 2.24 bits per heavy atom. The summed E-state index contributed by atoms with van der Waals surface area (Å²) in [6.45, 7) is 12.8. The van der Waals surface area contributed by atoms with Crippen molar-refractivity contribution in [1.29, 1.82) is 0 Å². The summed E-state index contributed by atoms with van der Waals surface area (Å²) in [5.74, 6) is -4.02. The maximum Gasteiger partial charge on any atom is 0.408 e. The van der Waals surface area contributed by atoms with Gasteiger partial charge in [-0.1, -0.05) is 36.4 Å². The number of fused-ring (bicyclic) bond motifs is 2. The number of hydrogen-bond acceptors (Lipinski definition) is 6. The maximum absolute atomic E-state index is 14.4. The van der Waals surface area contributed by atoms with Crippen molar-refractivity contribution in [3.8, 4) is 0 Å². The first kappa shape index (κ1) is 34.5. The van der Waals surface area contributed by atoms with E-state index < -0.39 is 63.6 Å². The van der Waals surface area contributed by atoms with E-state index in [0.29, 0.717) is 25.7 Å². The van der Waals surface area contributed by atoms with Crippen molar-refractivity contribution in [3.63, 3.8) is 0 Å². The van der Waals surface area contributed by atoms with Gasteiger partial charge in [0.1, 0.15) is 22.0 Å². The topological polar surface area (TPSA) is 134 Å². The van der Waals surface area contributed by atoms with Crippen LogP contribution >= 0.6 is 23.2 Å². The third-order valence-electron chi connectivity index (χ3n) is 8.53. The fraction of sp³-hybridized carbons (Fsp3) is 0.545. The normalized spacial score (nSPS) is 22.7. The molecule has 10 nitrogen and oxygen atoms in total. The molecule has 4 amide bonds. The van der Waals surface area contributed by atoms with Crippen LogP contribution < -0.4 is 16.0 Å². The summed E-state index contributed by atoms with van der Waals surface area (Å²) in [6.07, 6.45) is 4.51. The summed E-state index contributed by atoms with van der Waals surface area (Å²) in [4.78, 5) is 68.3. The van der Waals surface area contributed by atoms with Crippen LogP contribution in [0.5, 0.6) is 0 Å². The number of benzene rings is 1. The van der Waals surface area contributed by atoms with E-state index in [2.05, 4.69) is 29.1 Å². The van der Waals surface area contributed by atoms with E-state index in [4.69, 9.17) is 27.9 Å². The Morgan fingerprint density at radius 2 is 1.67 bits per heavy atom. The van der Waals surface area contributed by atoms with E-state index in [1.165, 1.54) is 4.90 Å². The number of amides is 4. The van der Waals surface area contributed by atoms with E-state index >= 15 is 0 Å². The third kappa shape index (κ3) is 7.90. The fourth-order valence-corrected chi connectivity index (χ4v) is 7.13. The largest absolute Gasteiger partial charge is 0.444 e. The van der Waals surface area contributed by atoms with Crippen LogP contribution in [-0.4, -0.2) is 75.6 Å². The number of likely N-dealkylation sites (tertiary alicyclic amines) is 1. The molecule has 1 aliphatic heterocycles. The minimum Gasteiger partial charge on any atom is -0.444 e. The van der Waals surface area contributed by atoms with Gasteiger partial charge in [-0.05, 0) is 69.9 Å². The van der Waals surface area contributed by atoms with Crippen molar-refractivity contribution >= 4 is 52.8 Å². The number of carbonyl (C=O) groups is 5. The predicted octanol–water partition coefficient (Wildman–Crippen LogP) is 3.64. The van der Waals surface area contributed by atoms with Crippen LogP contribution in [0.1, 0.15) is 51.2 Å². The summed E-state index contributed by atoms with van der Waals surface area (Å²) >= 11 is 13.1. The zero-order valence-corrected chi connectivity index (χ0v) is 27.5. The molecule has 12 heteroatoms. The average Bonchev–Trinajstić information content (AvgIpc) is 3.34. The summed E-state index contributed by atoms with van der Waals surface area (Å²) in [5.41, 5.74) is 1.37. The van der Waals surface area contributed by atoms with Crippen LogP contribution in [0.15, 0.2) is 49.6 Å². The maximum atomic E-state index is 14.4. The molecule has 1 heterocycles. The molecule has 3 N–H and O–H groups in total. The highest BCUT2D eigenvalue weighted by Crippen LogP contribution is 2.65. The van der Waals surface area contributed by atoms with Crippen molar-refractivity contribution in [2.75, 3.05) is 13.1 Å². The molecule has 1 saturated carbocycles. The molecular weight excluding hydrogens is 619 g/mol. The summed E-state index contributed by atoms with van der Waals surface area (Å²) < 4.78 is 4.26. The van der Waals surface area contributed by atoms with Gasteiger partial charge in [0.25, 0.3) is 5.91 Å². The lowest BCUT2D eigenvalue weighted by molar-refractivity contribution is -0.144. The zero-order chi connectivity index (χ0) is 33.1. The highest BCUT2D eigenvalue weighted by Gasteiger charge is 2.74. The molecule has 45 heavy (non-hydrogen) atoms. The van der Waals surface area contributed by atoms with E-state index in [-0.39, 0.29) is 31.3 Å². The van der Waals surface area contributed by atoms with E-state index in [1.54, 1.807) is 32.9 Å². The van der Waals surface area contributed by atoms with Gasteiger partial charge >= 0.3 is 6.09 Å². The van der Waals surface area contributed by atoms with Crippen LogP contribution in [0.25, 0.3) is 0 Å². The smallest absolute Gasteiger partial charge is 0.408 e. The van der Waals surface area contributed by atoms with Gasteiger partial charge in [-0.15, -0.1) is 36.4 Å². The van der Waals surface area contributed by atoms with Crippen molar-refractivity contribution in [2.45, 2.75) is 80.9 Å². The van der Waals surface area contributed by atoms with Crippen molar-refractivity contribution in [2.24, 2.45) is 17.8 Å². The summed E-state index contributed by atoms with van der Waals surface area (Å²) in [5, 5.41) is 8.02. The van der Waals surface area contributed by atoms with Crippen LogP contribution in [0.4, 0.5) is 4.79 Å². The van der Waals surface area contributed by atoms with Crippen LogP contribution in [0.2, 0.25) is 0 Å². The number of halogens is 2. The van der Waals surface area contributed by atoms with Gasteiger partial charge in [0, 0.05) is 24.9 Å². The molecular formula is C33H42Cl2N4O6. The van der Waals surface area contributed by atoms with Crippen molar-refractivity contribution in [1.82, 2.24) is 20.9 Å². The molecule has 3 aliphatic rings. The highest BCUT2D eigenvalue weighted by atomic mass is 35.5. The number of piperidine rings is 1. The standard InChI is InChI=1S/C33H42Cl2N4O6/c1-6-8-14-23(27(40)29(42)36-15-9-7-2)37-28(41)26-24-22(33(24,34)35)18-39(26)30(43)25(38-31(44)45-32(3,4)5)21-16-19-12-10-11-13-20(19)17-21/h6-7,10-13,21-26H,1-2,8-9,14-18H2,3-5H3,(H,36,42)(H,37,41)(H,38,44)/t22?,23?,24?,25?,26-/m0/s1. The molecule has 1 saturated heterocycles. The summed E-state index contributed by atoms with van der Waals surface area (Å²) in [7, 11) is 0. The first-order valence-corrected chi connectivity index (χ1v) is 16.0. The zero-order valence-electron chi connectivity index (χ0n) is 25.9. The molecule has 0 aromatic heterocycles. The van der Waals surface area contributed by atoms with Gasteiger partial charge in [-0.2, -0.15) is 0 Å². The molecule has 4 rings (SSSR count). The Balaban J connectivity index is 1.58. The third-order valence-corrected chi connectivity index (χ3v) is 9.59. The van der Waals surface area contributed by atoms with E-state index in [9.17, 15) is 24.0 Å². The van der Waals surface area contributed by atoms with Crippen molar-refractivity contribution < 1.29 is 28.7 Å². The number of hydrogen-bond donors (Lipinski definition) is 3. The number of rotatable bonds is 13. The van der Waals surface area contributed by atoms with Gasteiger partial charge < -0.3 is 25.6 Å². The summed E-state index contributed by atoms with van der Waals surface area (Å²) in [6, 6.07) is 4.56. The minimum absolute atomic E-state index is 0.0913. The van der Waals surface area contributed by atoms with Gasteiger partial charge in [0.05, 0.1) is 6.04 Å². The number of carbonyl (C=O) groups excluding carboxylic acids is 5. The fourth-order valence-electron chi connectivity index (χ4n) is 6.30. The average molecular weight is 662 g/mol. The number of ketones is 1. The van der Waals surface area contributed by atoms with Crippen LogP contribution in [0, 0.1) is 17.8 Å². The molecule has 1 aromatic carbocycles. The second kappa shape index (κ2) is 14.0. The molecule has 1 aromatic rings. The Kier molecular flexibility index (Phi) is 10.7. The molecule has 2 aliphatic carbocycles. The number of alkyl halides is 2. The molecule has 0 radical (unpaired) electrons. The van der Waals surface area contributed by atoms with Gasteiger partial charge in [-0.3, -0.25) is 19.2 Å². The number of nitrogens with zero attached hydrogens (tertiary/aromatic N) is 1. The molecule has 0 spiro atoms. The Morgan fingerprint density at radius 1 is 1.04 bits per heavy atom. The van der Waals surface area contributed by atoms with E-state index in [0.717, 1.165) is 11.1 Å². The van der Waals surface area contributed by atoms with Crippen molar-refractivity contribution in [3.05, 3.63) is 60.7 Å². The lowest BCUT2D eigenvalue weighted by atomic mass is 9.94. The van der Waals surface area contributed by atoms with Crippen LogP contribution in [-0.2, 0) is 36.8 Å². The van der Waals surface area contributed by atoms with Gasteiger partial charge in [0.15, 0.2) is 0 Å². The van der Waals surface area contributed by atoms with Crippen LogP contribution in [0.3, 0.4) is 0 Å². The van der Waals surface area contributed by atoms with Gasteiger partial charge in [-0.25, -0.2) is 4.79 Å². The lowest BCUT2D eigenvalue weighted by Gasteiger charge is -2.35. The predicted molar refractivity (Wildman–Crippen MR) is 172 cm³/mol. The molecule has 5 atom stereocenters. The molecule has 4 unspecified atom stereocenters. The molecule has 244 valence electrons. The first-order chi connectivity index (χ1) is 21.2. The highest BCUT2D eigenvalue weighted by molar-refractivity contribution is 6.51. The lowest BCUT2D eigenvalue weighted by Crippen LogP contribution is -2.60. The van der Waals surface area contributed by atoms with Gasteiger partial charge in [0.2, 0.25) is 17.6 Å². The molecule has 2 fully saturated rings. The Labute approximate surface area is 274 Å². The Hall–Kier alpha value is -3.37. The molecule has 0 bridgehead atoms. The van der Waals surface area contributed by atoms with E-state index in [1.807, 2.05) is 24.3 Å². The SMILES string of the molecule is C=CCCNC(=O)C(=O)C(CCC=C)NC(=O)[C@@H]1C2C(CN1C(=O)C(NC(=O)OC(C)(C)C)C1Cc3ccccc3C1)C2(Cl)Cl. The first-order valence-electron chi connectivity index (χ1n) is 15.3. The second-order valence-corrected chi connectivity index (χ2v) is 14.4. The number of alkyl carbamates (subject to hydrolysis) is 1. The minimum atomic E-state index is -1.24. The quantitative estimate of drug-likeness (QED) is 0.128. The number of allylic oxidation sites excluding steroid dienone is 1. The Bertz CT molecular complexity index is 1330. The number of ether oxygens (including phenoxy) is 1. The number of Topliss-reactive ketones (excluding diaryl/α,β-unsaturated/α-hetero) is 1.